The zero-order valence-electron chi connectivity index (χ0n) is 26.6. The van der Waals surface area contributed by atoms with E-state index in [-0.39, 0.29) is 37.4 Å². The Hall–Kier alpha value is -3.12. The summed E-state index contributed by atoms with van der Waals surface area (Å²) in [5, 5.41) is 0. The maximum Gasteiger partial charge on any atom is 0.411 e. The number of fused-ring (bicyclic) bond motifs is 2. The monoisotopic (exact) mass is 695 g/mol. The number of nitrogens with zero attached hydrogens (tertiary/aromatic N) is 8. The SMILES string of the molecule is COCC1O[C@@H](n2cnc3c(N)ncnc32)C[C@H]1OP(=O)(NP(C)(C)=O)OCC1O[C@@H](n2cnc3c(N)ncnc32)C[C@H]1OC(C)C. The highest BCUT2D eigenvalue weighted by molar-refractivity contribution is 7.72. The number of methoxy groups -OCH3 is 1. The third-order valence-corrected chi connectivity index (χ3v) is 11.5. The molecule has 0 radical (unpaired) electrons. The molecule has 0 amide bonds. The fourth-order valence-corrected chi connectivity index (χ4v) is 9.46. The van der Waals surface area contributed by atoms with Gasteiger partial charge in [-0.3, -0.25) is 18.2 Å². The average Bonchev–Trinajstić information content (AvgIpc) is 3.77. The van der Waals surface area contributed by atoms with Gasteiger partial charge in [0.1, 0.15) is 54.5 Å². The number of nitrogens with one attached hydrogen (secondary N) is 1. The van der Waals surface area contributed by atoms with Gasteiger partial charge < -0.3 is 35.0 Å². The van der Waals surface area contributed by atoms with Gasteiger partial charge in [-0.2, -0.15) is 4.86 Å². The second-order valence-corrected chi connectivity index (χ2v) is 16.9. The molecule has 3 unspecified atom stereocenters. The van der Waals surface area contributed by atoms with Crippen molar-refractivity contribution in [2.45, 2.75) is 69.7 Å². The van der Waals surface area contributed by atoms with Crippen LogP contribution in [0.2, 0.25) is 0 Å². The summed E-state index contributed by atoms with van der Waals surface area (Å²) >= 11 is 0. The number of anilines is 2. The summed E-state index contributed by atoms with van der Waals surface area (Å²) in [6.45, 7) is 6.57. The molecular weight excluding hydrogens is 656 g/mol. The van der Waals surface area contributed by atoms with Crippen molar-refractivity contribution in [3.05, 3.63) is 25.3 Å². The first-order valence-corrected chi connectivity index (χ1v) is 19.1. The Morgan fingerprint density at radius 2 is 1.40 bits per heavy atom. The first-order valence-electron chi connectivity index (χ1n) is 14.9. The van der Waals surface area contributed by atoms with Crippen LogP contribution in [-0.2, 0) is 37.1 Å². The van der Waals surface area contributed by atoms with E-state index in [0.717, 1.165) is 0 Å². The van der Waals surface area contributed by atoms with Crippen molar-refractivity contribution in [3.8, 4) is 0 Å². The summed E-state index contributed by atoms with van der Waals surface area (Å²) in [7, 11) is -5.90. The summed E-state index contributed by atoms with van der Waals surface area (Å²) in [5.74, 6) is 0.476. The molecule has 0 saturated carbocycles. The van der Waals surface area contributed by atoms with Crippen LogP contribution < -0.4 is 16.3 Å². The molecule has 2 aliphatic heterocycles. The highest BCUT2D eigenvalue weighted by Crippen LogP contribution is 2.56. The smallest absolute Gasteiger partial charge is 0.382 e. The topological polar surface area (TPSA) is 241 Å². The fourth-order valence-electron chi connectivity index (χ4n) is 5.70. The fraction of sp³-hybridized carbons (Fsp3) is 0.615. The highest BCUT2D eigenvalue weighted by Gasteiger charge is 2.45. The minimum Gasteiger partial charge on any atom is -0.382 e. The normalized spacial score (nSPS) is 26.5. The number of imidazole rings is 2. The van der Waals surface area contributed by atoms with Crippen molar-refractivity contribution < 1.29 is 37.1 Å². The van der Waals surface area contributed by atoms with E-state index in [0.29, 0.717) is 28.7 Å². The number of ether oxygens (including phenoxy) is 4. The van der Waals surface area contributed by atoms with Crippen molar-refractivity contribution in [1.82, 2.24) is 43.9 Å². The van der Waals surface area contributed by atoms with Crippen molar-refractivity contribution in [1.29, 1.82) is 0 Å². The number of nitrogens with two attached hydrogens (primary N) is 2. The molecule has 21 heteroatoms. The van der Waals surface area contributed by atoms with Crippen molar-refractivity contribution >= 4 is 49.0 Å². The molecule has 2 saturated heterocycles. The molecule has 19 nitrogen and oxygen atoms in total. The summed E-state index contributed by atoms with van der Waals surface area (Å²) < 4.78 is 67.1. The number of aromatic nitrogens is 8. The zero-order chi connectivity index (χ0) is 33.5. The highest BCUT2D eigenvalue weighted by atomic mass is 31.2. The lowest BCUT2D eigenvalue weighted by atomic mass is 10.2. The number of hydrogen-bond acceptors (Lipinski definition) is 16. The van der Waals surface area contributed by atoms with Gasteiger partial charge in [-0.1, -0.05) is 0 Å². The minimum atomic E-state index is -4.26. The van der Waals surface area contributed by atoms with Gasteiger partial charge in [-0.15, -0.1) is 0 Å². The molecule has 2 fully saturated rings. The second kappa shape index (κ2) is 13.4. The maximum atomic E-state index is 14.4. The number of nitrogen functional groups attached to an aromatic ring is 2. The molecule has 0 spiro atoms. The van der Waals surface area contributed by atoms with E-state index in [2.05, 4.69) is 34.8 Å². The number of rotatable bonds is 13. The molecule has 4 aromatic rings. The lowest BCUT2D eigenvalue weighted by Gasteiger charge is -2.28. The zero-order valence-corrected chi connectivity index (χ0v) is 28.4. The van der Waals surface area contributed by atoms with Crippen LogP contribution in [-0.4, -0.2) is 103 Å². The van der Waals surface area contributed by atoms with Gasteiger partial charge in [0, 0.05) is 33.3 Å². The Balaban J connectivity index is 1.22. The summed E-state index contributed by atoms with van der Waals surface area (Å²) in [6.07, 6.45) is 2.54. The molecule has 4 aromatic heterocycles. The van der Waals surface area contributed by atoms with Gasteiger partial charge in [0.25, 0.3) is 0 Å². The molecular formula is C26H39N11O8P2. The van der Waals surface area contributed by atoms with E-state index in [1.54, 1.807) is 21.8 Å². The number of hydrogen-bond donors (Lipinski definition) is 3. The van der Waals surface area contributed by atoms with Crippen molar-refractivity contribution in [3.63, 3.8) is 0 Å². The summed E-state index contributed by atoms with van der Waals surface area (Å²) in [5.41, 5.74) is 13.8. The van der Waals surface area contributed by atoms with Gasteiger partial charge >= 0.3 is 7.75 Å². The molecule has 0 aliphatic carbocycles. The Kier molecular flexibility index (Phi) is 9.64. The summed E-state index contributed by atoms with van der Waals surface area (Å²) in [4.78, 5) is 27.9. The molecule has 6 rings (SSSR count). The largest absolute Gasteiger partial charge is 0.411 e. The van der Waals surface area contributed by atoms with E-state index in [1.165, 1.54) is 33.1 Å². The molecule has 256 valence electrons. The van der Waals surface area contributed by atoms with Crippen molar-refractivity contribution in [2.24, 2.45) is 0 Å². The lowest BCUT2D eigenvalue weighted by molar-refractivity contribution is -0.0742. The Morgan fingerprint density at radius 1 is 0.872 bits per heavy atom. The first kappa shape index (κ1) is 33.8. The van der Waals surface area contributed by atoms with Gasteiger partial charge in [0.2, 0.25) is 0 Å². The molecule has 7 atom stereocenters. The molecule has 6 heterocycles. The van der Waals surface area contributed by atoms with Crippen LogP contribution in [0.15, 0.2) is 25.3 Å². The standard InChI is InChI=1S/C26H39N11O8P2/c1-14(2)42-15-6-19(36-12-33-21-23(27)29-10-31-25(21)36)44-18(15)9-41-47(39,35-46(4,5)38)45-16-7-20(43-17(16)8-40-3)37-13-34-22-24(28)30-11-32-26(22)37/h10-20H,6-9H2,1-5H3,(H2,27,29,31)(H2,28,30,32)(H,35,38,39)/t15-,16-,17?,18?,19-,20-,47?/m1/s1. The predicted molar refractivity (Wildman–Crippen MR) is 169 cm³/mol. The van der Waals surface area contributed by atoms with Crippen LogP contribution in [0.3, 0.4) is 0 Å². The second-order valence-electron chi connectivity index (χ2n) is 12.0. The third kappa shape index (κ3) is 7.33. The van der Waals surface area contributed by atoms with Crippen LogP contribution in [0.5, 0.6) is 0 Å². The van der Waals surface area contributed by atoms with Crippen LogP contribution in [0.25, 0.3) is 22.3 Å². The van der Waals surface area contributed by atoms with E-state index < -0.39 is 51.9 Å². The van der Waals surface area contributed by atoms with E-state index in [9.17, 15) is 9.13 Å². The van der Waals surface area contributed by atoms with Crippen LogP contribution in [0.4, 0.5) is 11.6 Å². The molecule has 47 heavy (non-hydrogen) atoms. The lowest BCUT2D eigenvalue weighted by Crippen LogP contribution is -2.33. The maximum absolute atomic E-state index is 14.4. The Bertz CT molecular complexity index is 1820. The Labute approximate surface area is 270 Å². The van der Waals surface area contributed by atoms with E-state index in [1.807, 2.05) is 13.8 Å². The van der Waals surface area contributed by atoms with Gasteiger partial charge in [-0.25, -0.2) is 34.5 Å². The average molecular weight is 696 g/mol. The molecule has 2 aliphatic rings. The molecule has 0 aromatic carbocycles. The van der Waals surface area contributed by atoms with E-state index >= 15 is 0 Å². The molecule has 0 bridgehead atoms. The van der Waals surface area contributed by atoms with Crippen LogP contribution in [0.1, 0.15) is 39.1 Å². The first-order chi connectivity index (χ1) is 22.3. The predicted octanol–water partition coefficient (Wildman–Crippen LogP) is 2.48. The van der Waals surface area contributed by atoms with Gasteiger partial charge in [-0.05, 0) is 13.8 Å². The van der Waals surface area contributed by atoms with Gasteiger partial charge in [0.05, 0.1) is 38.1 Å². The minimum absolute atomic E-state index is 0.117. The quantitative estimate of drug-likeness (QED) is 0.170. The van der Waals surface area contributed by atoms with Crippen LogP contribution >= 0.6 is 15.0 Å². The Morgan fingerprint density at radius 3 is 1.91 bits per heavy atom. The van der Waals surface area contributed by atoms with Crippen molar-refractivity contribution in [2.75, 3.05) is 45.1 Å². The summed E-state index contributed by atoms with van der Waals surface area (Å²) in [6, 6.07) is 0. The third-order valence-electron chi connectivity index (χ3n) is 7.58. The molecule has 5 N–H and O–H groups in total. The van der Waals surface area contributed by atoms with Gasteiger partial charge in [0.15, 0.2) is 30.2 Å². The van der Waals surface area contributed by atoms with E-state index in [4.69, 9.17) is 39.5 Å². The van der Waals surface area contributed by atoms with Crippen LogP contribution in [0, 0.1) is 0 Å².